The Morgan fingerprint density at radius 1 is 1.00 bits per heavy atom. The number of aromatic carboxylic acids is 1. The molecule has 3 rings (SSSR count). The maximum absolute atomic E-state index is 11.3. The molecule has 0 unspecified atom stereocenters. The lowest BCUT2D eigenvalue weighted by atomic mass is 10.0. The Kier molecular flexibility index (Phi) is 4.34. The first-order chi connectivity index (χ1) is 11.2. The second-order valence-electron chi connectivity index (χ2n) is 5.07. The van der Waals surface area contributed by atoms with Gasteiger partial charge in [0.1, 0.15) is 12.4 Å². The fourth-order valence-electron chi connectivity index (χ4n) is 2.25. The fourth-order valence-corrected chi connectivity index (χ4v) is 2.25. The Balaban J connectivity index is 1.90. The lowest BCUT2D eigenvalue weighted by Gasteiger charge is -2.10. The summed E-state index contributed by atoms with van der Waals surface area (Å²) >= 11 is 0. The highest BCUT2D eigenvalue weighted by atomic mass is 16.5. The molecule has 0 bridgehead atoms. The van der Waals surface area contributed by atoms with Crippen molar-refractivity contribution in [3.8, 4) is 16.9 Å². The molecule has 2 aromatic carbocycles. The molecular weight excluding hydrogens is 290 g/mol. The maximum atomic E-state index is 11.3. The van der Waals surface area contributed by atoms with Gasteiger partial charge in [0.2, 0.25) is 0 Å². The number of carboxylic acid groups (broad SMARTS) is 1. The van der Waals surface area contributed by atoms with Gasteiger partial charge in [0.05, 0.1) is 5.56 Å². The quantitative estimate of drug-likeness (QED) is 0.773. The second-order valence-corrected chi connectivity index (χ2v) is 5.07. The molecule has 23 heavy (non-hydrogen) atoms. The average molecular weight is 305 g/mol. The SMILES string of the molecule is O=C(O)c1cc(OCc2ccccc2)cc(-c2cccnc2)c1. The van der Waals surface area contributed by atoms with Gasteiger partial charge in [-0.3, -0.25) is 4.98 Å². The van der Waals surface area contributed by atoms with Crippen LogP contribution in [0.3, 0.4) is 0 Å². The van der Waals surface area contributed by atoms with E-state index in [9.17, 15) is 9.90 Å². The molecular formula is C19H15NO3. The number of hydrogen-bond donors (Lipinski definition) is 1. The van der Waals surface area contributed by atoms with Gasteiger partial charge in [-0.2, -0.15) is 0 Å². The van der Waals surface area contributed by atoms with Crippen molar-refractivity contribution in [1.82, 2.24) is 4.98 Å². The van der Waals surface area contributed by atoms with Crippen LogP contribution < -0.4 is 4.74 Å². The smallest absolute Gasteiger partial charge is 0.335 e. The molecule has 0 saturated carbocycles. The number of rotatable bonds is 5. The molecule has 3 aromatic rings. The van der Waals surface area contributed by atoms with Gasteiger partial charge >= 0.3 is 5.97 Å². The number of benzene rings is 2. The minimum Gasteiger partial charge on any atom is -0.489 e. The van der Waals surface area contributed by atoms with Crippen molar-refractivity contribution in [3.63, 3.8) is 0 Å². The van der Waals surface area contributed by atoms with E-state index in [2.05, 4.69) is 4.98 Å². The topological polar surface area (TPSA) is 59.4 Å². The van der Waals surface area contributed by atoms with Gasteiger partial charge in [-0.15, -0.1) is 0 Å². The third kappa shape index (κ3) is 3.74. The van der Waals surface area contributed by atoms with Crippen molar-refractivity contribution >= 4 is 5.97 Å². The predicted molar refractivity (Wildman–Crippen MR) is 87.4 cm³/mol. The molecule has 0 radical (unpaired) electrons. The van der Waals surface area contributed by atoms with Gasteiger partial charge in [0.25, 0.3) is 0 Å². The highest BCUT2D eigenvalue weighted by molar-refractivity contribution is 5.90. The van der Waals surface area contributed by atoms with E-state index in [-0.39, 0.29) is 5.56 Å². The molecule has 114 valence electrons. The maximum Gasteiger partial charge on any atom is 0.335 e. The number of aromatic nitrogens is 1. The molecule has 0 amide bonds. The molecule has 4 nitrogen and oxygen atoms in total. The average Bonchev–Trinajstić information content (AvgIpc) is 2.61. The molecule has 4 heteroatoms. The summed E-state index contributed by atoms with van der Waals surface area (Å²) in [6, 6.07) is 18.4. The first-order valence-electron chi connectivity index (χ1n) is 7.18. The Labute approximate surface area is 134 Å². The van der Waals surface area contributed by atoms with Crippen LogP contribution in [-0.4, -0.2) is 16.1 Å². The van der Waals surface area contributed by atoms with Crippen LogP contribution in [0.5, 0.6) is 5.75 Å². The van der Waals surface area contributed by atoms with E-state index < -0.39 is 5.97 Å². The highest BCUT2D eigenvalue weighted by Gasteiger charge is 2.09. The number of carbonyl (C=O) groups is 1. The van der Waals surface area contributed by atoms with E-state index >= 15 is 0 Å². The number of carboxylic acids is 1. The van der Waals surface area contributed by atoms with E-state index in [4.69, 9.17) is 4.74 Å². The standard InChI is InChI=1S/C19H15NO3/c21-19(22)17-9-16(15-7-4-8-20-12-15)10-18(11-17)23-13-14-5-2-1-3-6-14/h1-12H,13H2,(H,21,22). The summed E-state index contributed by atoms with van der Waals surface area (Å²) in [5, 5.41) is 9.29. The highest BCUT2D eigenvalue weighted by Crippen LogP contribution is 2.26. The minimum absolute atomic E-state index is 0.189. The van der Waals surface area contributed by atoms with Crippen LogP contribution in [0, 0.1) is 0 Å². The predicted octanol–water partition coefficient (Wildman–Crippen LogP) is 4.03. The molecule has 1 heterocycles. The third-order valence-electron chi connectivity index (χ3n) is 3.40. The molecule has 1 aromatic heterocycles. The summed E-state index contributed by atoms with van der Waals surface area (Å²) in [6.45, 7) is 0.385. The van der Waals surface area contributed by atoms with E-state index in [0.29, 0.717) is 12.4 Å². The Hall–Kier alpha value is -3.14. The van der Waals surface area contributed by atoms with Crippen LogP contribution >= 0.6 is 0 Å². The third-order valence-corrected chi connectivity index (χ3v) is 3.40. The molecule has 0 atom stereocenters. The molecule has 0 spiro atoms. The first kappa shape index (κ1) is 14.8. The molecule has 0 fully saturated rings. The van der Waals surface area contributed by atoms with Crippen LogP contribution in [-0.2, 0) is 6.61 Å². The summed E-state index contributed by atoms with van der Waals surface area (Å²) in [5.41, 5.74) is 2.83. The van der Waals surface area contributed by atoms with Crippen LogP contribution in [0.1, 0.15) is 15.9 Å². The van der Waals surface area contributed by atoms with Gasteiger partial charge in [-0.25, -0.2) is 4.79 Å². The number of hydrogen-bond acceptors (Lipinski definition) is 3. The second kappa shape index (κ2) is 6.75. The van der Waals surface area contributed by atoms with Crippen LogP contribution in [0.4, 0.5) is 0 Å². The van der Waals surface area contributed by atoms with E-state index in [1.807, 2.05) is 48.5 Å². The van der Waals surface area contributed by atoms with Crippen molar-refractivity contribution in [1.29, 1.82) is 0 Å². The van der Waals surface area contributed by atoms with E-state index in [1.165, 1.54) is 6.07 Å². The van der Waals surface area contributed by atoms with Gasteiger partial charge in [-0.1, -0.05) is 36.4 Å². The molecule has 0 aliphatic heterocycles. The van der Waals surface area contributed by atoms with Crippen molar-refractivity contribution in [2.45, 2.75) is 6.61 Å². The summed E-state index contributed by atoms with van der Waals surface area (Å²) in [6.07, 6.45) is 3.37. The van der Waals surface area contributed by atoms with Crippen molar-refractivity contribution in [3.05, 3.63) is 84.2 Å². The summed E-state index contributed by atoms with van der Waals surface area (Å²) in [7, 11) is 0. The molecule has 0 saturated heterocycles. The van der Waals surface area contributed by atoms with E-state index in [0.717, 1.165) is 16.7 Å². The normalized spacial score (nSPS) is 10.3. The van der Waals surface area contributed by atoms with Crippen molar-refractivity contribution < 1.29 is 14.6 Å². The fraction of sp³-hybridized carbons (Fsp3) is 0.0526. The largest absolute Gasteiger partial charge is 0.489 e. The lowest BCUT2D eigenvalue weighted by Crippen LogP contribution is -2.00. The minimum atomic E-state index is -0.986. The van der Waals surface area contributed by atoms with Gasteiger partial charge in [0.15, 0.2) is 0 Å². The first-order valence-corrected chi connectivity index (χ1v) is 7.18. The Bertz CT molecular complexity index is 801. The van der Waals surface area contributed by atoms with Crippen molar-refractivity contribution in [2.24, 2.45) is 0 Å². The van der Waals surface area contributed by atoms with E-state index in [1.54, 1.807) is 18.5 Å². The zero-order valence-corrected chi connectivity index (χ0v) is 12.3. The van der Waals surface area contributed by atoms with Crippen LogP contribution in [0.25, 0.3) is 11.1 Å². The number of nitrogens with zero attached hydrogens (tertiary/aromatic N) is 1. The summed E-state index contributed by atoms with van der Waals surface area (Å²) in [5.74, 6) is -0.465. The molecule has 0 aliphatic rings. The van der Waals surface area contributed by atoms with Gasteiger partial charge < -0.3 is 9.84 Å². The van der Waals surface area contributed by atoms with Gasteiger partial charge in [-0.05, 0) is 35.4 Å². The number of ether oxygens (including phenoxy) is 1. The molecule has 0 aliphatic carbocycles. The van der Waals surface area contributed by atoms with Crippen LogP contribution in [0.15, 0.2) is 73.1 Å². The summed E-state index contributed by atoms with van der Waals surface area (Å²) in [4.78, 5) is 15.4. The summed E-state index contributed by atoms with van der Waals surface area (Å²) < 4.78 is 5.76. The Morgan fingerprint density at radius 2 is 1.83 bits per heavy atom. The lowest BCUT2D eigenvalue weighted by molar-refractivity contribution is 0.0696. The zero-order chi connectivity index (χ0) is 16.1. The number of pyridine rings is 1. The Morgan fingerprint density at radius 3 is 2.52 bits per heavy atom. The monoisotopic (exact) mass is 305 g/mol. The van der Waals surface area contributed by atoms with Gasteiger partial charge in [0, 0.05) is 18.0 Å². The molecule has 1 N–H and O–H groups in total. The van der Waals surface area contributed by atoms with Crippen LogP contribution in [0.2, 0.25) is 0 Å². The zero-order valence-electron chi connectivity index (χ0n) is 12.3. The van der Waals surface area contributed by atoms with Crippen molar-refractivity contribution in [2.75, 3.05) is 0 Å².